The Morgan fingerprint density at radius 1 is 0.957 bits per heavy atom. The first-order valence-corrected chi connectivity index (χ1v) is 17.2. The van der Waals surface area contributed by atoms with Crippen molar-refractivity contribution in [3.05, 3.63) is 120 Å². The molecule has 0 aromatic heterocycles. The van der Waals surface area contributed by atoms with Crippen LogP contribution in [0.15, 0.2) is 108 Å². The zero-order valence-electron chi connectivity index (χ0n) is 31.5. The Morgan fingerprint density at radius 2 is 1.60 bits per heavy atom. The van der Waals surface area contributed by atoms with Crippen LogP contribution in [0.1, 0.15) is 99.1 Å². The lowest BCUT2D eigenvalue weighted by atomic mass is 9.99. The lowest BCUT2D eigenvalue weighted by Crippen LogP contribution is -2.19. The molecule has 0 atom stereocenters. The fraction of sp³-hybridized carbons (Fsp3) is 0.429. The molecule has 0 bridgehead atoms. The van der Waals surface area contributed by atoms with Crippen LogP contribution in [0.25, 0.3) is 11.1 Å². The number of methoxy groups -OCH3 is 1. The van der Waals surface area contributed by atoms with E-state index in [9.17, 15) is 0 Å². The van der Waals surface area contributed by atoms with Gasteiger partial charge in [-0.2, -0.15) is 0 Å². The van der Waals surface area contributed by atoms with Gasteiger partial charge in [-0.3, -0.25) is 0 Å². The third kappa shape index (κ3) is 18.0. The summed E-state index contributed by atoms with van der Waals surface area (Å²) < 4.78 is 11.1. The van der Waals surface area contributed by atoms with Crippen LogP contribution < -0.4 is 20.7 Å². The molecule has 0 saturated heterocycles. The summed E-state index contributed by atoms with van der Waals surface area (Å²) in [5, 5.41) is 10.1. The van der Waals surface area contributed by atoms with Crippen LogP contribution in [0.5, 0.6) is 5.75 Å². The van der Waals surface area contributed by atoms with Crippen molar-refractivity contribution in [3.8, 4) is 16.9 Å². The molecular weight excluding hydrogens is 578 g/mol. The smallest absolute Gasteiger partial charge is 0.122 e. The molecule has 47 heavy (non-hydrogen) atoms. The molecule has 2 aromatic rings. The number of aryl methyl sites for hydroxylation is 2. The van der Waals surface area contributed by atoms with Gasteiger partial charge < -0.3 is 25.4 Å². The summed E-state index contributed by atoms with van der Waals surface area (Å²) >= 11 is 0. The average Bonchev–Trinajstić information content (AvgIpc) is 3.05. The van der Waals surface area contributed by atoms with E-state index in [2.05, 4.69) is 133 Å². The van der Waals surface area contributed by atoms with Crippen molar-refractivity contribution >= 4 is 5.69 Å². The van der Waals surface area contributed by atoms with Crippen LogP contribution in [-0.4, -0.2) is 20.3 Å². The molecule has 0 amide bonds. The Hall–Kier alpha value is -4.12. The first-order chi connectivity index (χ1) is 22.6. The van der Waals surface area contributed by atoms with Crippen molar-refractivity contribution < 1.29 is 9.47 Å². The van der Waals surface area contributed by atoms with Crippen molar-refractivity contribution in [3.63, 3.8) is 0 Å². The maximum atomic E-state index is 5.88. The molecule has 5 nitrogen and oxygen atoms in total. The first-order valence-electron chi connectivity index (χ1n) is 17.2. The standard InChI is InChI=1S/C23H32N2O.C13H19NO.C3H8.C3H6/c1-6-14-26-22-13-12-19(15-18(22)7-2)20-11-10-17(5)21(16-20)25-23(8-3)24-9-4;1-10(2)8-11(3)14-12-6-5-7-13(9-12)15-4;2*1-3-2/h8,10-13,15-16,24-25H,6-7,9,14H2,1-5H3;7-9,14H,3,5-6H2,1-2,4H3;3H2,1-2H3;3H,1H2,2H3/b23-8-;;;. The molecule has 2 aromatic carbocycles. The average molecular weight is 644 g/mol. The molecule has 0 spiro atoms. The second kappa shape index (κ2) is 26.0. The molecule has 0 unspecified atom stereocenters. The minimum atomic E-state index is 0.765. The van der Waals surface area contributed by atoms with Crippen LogP contribution in [0.4, 0.5) is 5.69 Å². The van der Waals surface area contributed by atoms with Crippen LogP contribution in [0.3, 0.4) is 0 Å². The number of nitrogens with one attached hydrogen (secondary N) is 3. The molecule has 1 aliphatic rings. The maximum absolute atomic E-state index is 5.88. The quantitative estimate of drug-likeness (QED) is 0.150. The van der Waals surface area contributed by atoms with Gasteiger partial charge in [-0.1, -0.05) is 70.5 Å². The van der Waals surface area contributed by atoms with Gasteiger partial charge in [-0.05, 0) is 132 Å². The highest BCUT2D eigenvalue weighted by Gasteiger charge is 2.08. The number of ether oxygens (including phenoxy) is 2. The van der Waals surface area contributed by atoms with Gasteiger partial charge in [0.25, 0.3) is 0 Å². The second-order valence-corrected chi connectivity index (χ2v) is 11.4. The zero-order chi connectivity index (χ0) is 35.6. The molecule has 260 valence electrons. The summed E-state index contributed by atoms with van der Waals surface area (Å²) in [4.78, 5) is 0. The van der Waals surface area contributed by atoms with Gasteiger partial charge in [0.15, 0.2) is 0 Å². The number of hydrogen-bond acceptors (Lipinski definition) is 5. The number of hydrogen-bond donors (Lipinski definition) is 3. The highest BCUT2D eigenvalue weighted by Crippen LogP contribution is 2.30. The Kier molecular flexibility index (Phi) is 23.7. The lowest BCUT2D eigenvalue weighted by Gasteiger charge is -2.16. The highest BCUT2D eigenvalue weighted by molar-refractivity contribution is 5.72. The van der Waals surface area contributed by atoms with E-state index in [1.807, 2.05) is 26.0 Å². The predicted molar refractivity (Wildman–Crippen MR) is 209 cm³/mol. The Bertz CT molecular complexity index is 1330. The number of allylic oxidation sites excluding steroid dienone is 7. The van der Waals surface area contributed by atoms with Gasteiger partial charge in [0.1, 0.15) is 11.5 Å². The van der Waals surface area contributed by atoms with Crippen LogP contribution in [-0.2, 0) is 11.2 Å². The third-order valence-corrected chi connectivity index (χ3v) is 6.49. The molecule has 3 N–H and O–H groups in total. The molecule has 0 aliphatic heterocycles. The zero-order valence-corrected chi connectivity index (χ0v) is 31.5. The Balaban J connectivity index is 0.000000849. The monoisotopic (exact) mass is 644 g/mol. The van der Waals surface area contributed by atoms with Gasteiger partial charge in [-0.25, -0.2) is 0 Å². The van der Waals surface area contributed by atoms with E-state index >= 15 is 0 Å². The summed E-state index contributed by atoms with van der Waals surface area (Å²) in [5.41, 5.74) is 9.38. The number of benzene rings is 2. The fourth-order valence-corrected chi connectivity index (χ4v) is 4.38. The molecule has 1 aliphatic carbocycles. The Labute approximate surface area is 288 Å². The van der Waals surface area contributed by atoms with E-state index < -0.39 is 0 Å². The lowest BCUT2D eigenvalue weighted by molar-refractivity contribution is 0.302. The second-order valence-electron chi connectivity index (χ2n) is 11.4. The van der Waals surface area contributed by atoms with Crippen molar-refractivity contribution in [1.29, 1.82) is 0 Å². The molecule has 0 radical (unpaired) electrons. The third-order valence-electron chi connectivity index (χ3n) is 6.49. The van der Waals surface area contributed by atoms with Gasteiger partial charge in [0.05, 0.1) is 19.5 Å². The molecule has 0 heterocycles. The van der Waals surface area contributed by atoms with E-state index in [0.29, 0.717) is 0 Å². The van der Waals surface area contributed by atoms with Gasteiger partial charge in [0, 0.05) is 23.6 Å². The van der Waals surface area contributed by atoms with E-state index in [1.165, 1.54) is 34.2 Å². The summed E-state index contributed by atoms with van der Waals surface area (Å²) in [5.74, 6) is 2.96. The van der Waals surface area contributed by atoms with Crippen LogP contribution in [0.2, 0.25) is 0 Å². The van der Waals surface area contributed by atoms with E-state index in [1.54, 1.807) is 13.2 Å². The van der Waals surface area contributed by atoms with Crippen molar-refractivity contribution in [2.45, 2.75) is 101 Å². The maximum Gasteiger partial charge on any atom is 0.122 e. The summed E-state index contributed by atoms with van der Waals surface area (Å²) in [7, 11) is 1.69. The molecule has 5 heteroatoms. The van der Waals surface area contributed by atoms with Crippen molar-refractivity contribution in [2.75, 3.05) is 25.6 Å². The minimum Gasteiger partial charge on any atom is -0.497 e. The van der Waals surface area contributed by atoms with Crippen molar-refractivity contribution in [2.24, 2.45) is 0 Å². The number of rotatable bonds is 13. The van der Waals surface area contributed by atoms with E-state index in [-0.39, 0.29) is 0 Å². The summed E-state index contributed by atoms with van der Waals surface area (Å²) in [6, 6.07) is 13.1. The molecule has 3 rings (SSSR count). The minimum absolute atomic E-state index is 0.765. The summed E-state index contributed by atoms with van der Waals surface area (Å²) in [6.45, 7) is 29.8. The first kappa shape index (κ1) is 42.9. The van der Waals surface area contributed by atoms with E-state index in [0.717, 1.165) is 73.2 Å². The SMILES string of the molecule is C/C=C(/NCC)Nc1cc(-c2ccc(OCCC)c(CC)c2)ccc1C.C=C(C=C(C)C)NC1=CC(OC)=CCC1.C=CC.CCC. The normalized spacial score (nSPS) is 11.7. The molecule has 0 saturated carbocycles. The molecule has 0 fully saturated rings. The fourth-order valence-electron chi connectivity index (χ4n) is 4.38. The van der Waals surface area contributed by atoms with Crippen molar-refractivity contribution in [1.82, 2.24) is 10.6 Å². The molecular formula is C42H65N3O2. The number of anilines is 1. The predicted octanol–water partition coefficient (Wildman–Crippen LogP) is 11.8. The van der Waals surface area contributed by atoms with E-state index in [4.69, 9.17) is 9.47 Å². The Morgan fingerprint density at radius 3 is 2.15 bits per heavy atom. The van der Waals surface area contributed by atoms with Crippen LogP contribution in [0, 0.1) is 6.92 Å². The summed E-state index contributed by atoms with van der Waals surface area (Å²) in [6.07, 6.45) is 15.2. The highest BCUT2D eigenvalue weighted by atomic mass is 16.5. The van der Waals surface area contributed by atoms with Crippen LogP contribution >= 0.6 is 0 Å². The van der Waals surface area contributed by atoms with Gasteiger partial charge >= 0.3 is 0 Å². The van der Waals surface area contributed by atoms with Gasteiger partial charge in [-0.15, -0.1) is 6.58 Å². The van der Waals surface area contributed by atoms with Gasteiger partial charge in [0.2, 0.25) is 0 Å². The topological polar surface area (TPSA) is 54.5 Å². The largest absolute Gasteiger partial charge is 0.497 e.